The van der Waals surface area contributed by atoms with Gasteiger partial charge in [-0.15, -0.1) is 0 Å². The normalized spacial score (nSPS) is 12.5. The second-order valence-electron chi connectivity index (χ2n) is 1.92. The van der Waals surface area contributed by atoms with Crippen LogP contribution in [0.5, 0.6) is 0 Å². The Morgan fingerprint density at radius 1 is 1.27 bits per heavy atom. The Labute approximate surface area is 67.8 Å². The fraction of sp³-hybridized carbons (Fsp3) is 0.111. The fourth-order valence-electron chi connectivity index (χ4n) is 0.658. The molecule has 0 spiro atoms. The highest BCUT2D eigenvalue weighted by molar-refractivity contribution is 5.31. The monoisotopic (exact) mass is 150 g/mol. The molecule has 11 heavy (non-hydrogen) atoms. The summed E-state index contributed by atoms with van der Waals surface area (Å²) >= 11 is 0. The third-order valence-corrected chi connectivity index (χ3v) is 1.16. The van der Waals surface area contributed by atoms with E-state index in [2.05, 4.69) is 18.5 Å². The predicted octanol–water partition coefficient (Wildman–Crippen LogP) is 1.30. The summed E-state index contributed by atoms with van der Waals surface area (Å²) in [5.41, 5.74) is 7.14. The molecule has 0 unspecified atom stereocenters. The van der Waals surface area contributed by atoms with Gasteiger partial charge >= 0.3 is 0 Å². The van der Waals surface area contributed by atoms with E-state index in [1.807, 2.05) is 0 Å². The Hall–Kier alpha value is -1.44. The summed E-state index contributed by atoms with van der Waals surface area (Å²) in [6, 6.07) is 0. The number of hydrogen-bond donors (Lipinski definition) is 2. The highest BCUT2D eigenvalue weighted by Gasteiger charge is 1.92. The van der Waals surface area contributed by atoms with Gasteiger partial charge < -0.3 is 11.1 Å². The summed E-state index contributed by atoms with van der Waals surface area (Å²) in [5, 5.41) is 2.94. The Kier molecular flexibility index (Phi) is 4.65. The molecule has 0 saturated heterocycles. The van der Waals surface area contributed by atoms with Gasteiger partial charge in [-0.3, -0.25) is 0 Å². The second kappa shape index (κ2) is 5.35. The van der Waals surface area contributed by atoms with Crippen LogP contribution in [-0.2, 0) is 0 Å². The van der Waals surface area contributed by atoms with Crippen molar-refractivity contribution in [1.29, 1.82) is 0 Å². The number of likely N-dealkylation sites (N-methyl/N-ethyl adjacent to an activating group) is 1. The maximum absolute atomic E-state index is 5.64. The van der Waals surface area contributed by atoms with Crippen molar-refractivity contribution >= 4 is 0 Å². The van der Waals surface area contributed by atoms with Crippen molar-refractivity contribution in [1.82, 2.24) is 5.32 Å². The molecule has 0 aromatic carbocycles. The highest BCUT2D eigenvalue weighted by Crippen LogP contribution is 1.98. The summed E-state index contributed by atoms with van der Waals surface area (Å²) in [5.74, 6) is 0. The van der Waals surface area contributed by atoms with Crippen LogP contribution < -0.4 is 11.1 Å². The SMILES string of the molecule is C=C/C=C(N)\C(=C/C=C)NC. The Bertz CT molecular complexity index is 200. The Morgan fingerprint density at radius 2 is 1.82 bits per heavy atom. The Morgan fingerprint density at radius 3 is 2.18 bits per heavy atom. The van der Waals surface area contributed by atoms with Crippen LogP contribution in [0.4, 0.5) is 0 Å². The lowest BCUT2D eigenvalue weighted by Crippen LogP contribution is -2.13. The lowest BCUT2D eigenvalue weighted by molar-refractivity contribution is 0.989. The molecule has 0 aliphatic heterocycles. The molecule has 2 heteroatoms. The second-order valence-corrected chi connectivity index (χ2v) is 1.92. The Balaban J connectivity index is 4.49. The van der Waals surface area contributed by atoms with Crippen LogP contribution in [0, 0.1) is 0 Å². The molecule has 0 bridgehead atoms. The first-order valence-corrected chi connectivity index (χ1v) is 3.35. The smallest absolute Gasteiger partial charge is 0.0571 e. The minimum Gasteiger partial charge on any atom is -0.397 e. The fourth-order valence-corrected chi connectivity index (χ4v) is 0.658. The van der Waals surface area contributed by atoms with Crippen LogP contribution in [0.15, 0.2) is 48.9 Å². The molecule has 60 valence electrons. The van der Waals surface area contributed by atoms with E-state index in [0.717, 1.165) is 5.70 Å². The molecular weight excluding hydrogens is 136 g/mol. The molecule has 0 amide bonds. The quantitative estimate of drug-likeness (QED) is 0.593. The zero-order valence-electron chi connectivity index (χ0n) is 6.80. The van der Waals surface area contributed by atoms with Crippen molar-refractivity contribution in [2.45, 2.75) is 0 Å². The van der Waals surface area contributed by atoms with E-state index >= 15 is 0 Å². The van der Waals surface area contributed by atoms with Gasteiger partial charge in [-0.25, -0.2) is 0 Å². The summed E-state index contributed by atoms with van der Waals surface area (Å²) < 4.78 is 0. The standard InChI is InChI=1S/C9H14N2/c1-4-6-8(10)9(11-3)7-5-2/h4-7,11H,1-2,10H2,3H3/b8-6+,9-7+. The first kappa shape index (κ1) is 9.56. The molecule has 0 saturated carbocycles. The summed E-state index contributed by atoms with van der Waals surface area (Å²) in [6.45, 7) is 7.11. The van der Waals surface area contributed by atoms with Gasteiger partial charge in [0.1, 0.15) is 0 Å². The van der Waals surface area contributed by atoms with Crippen LogP contribution >= 0.6 is 0 Å². The van der Waals surface area contributed by atoms with Gasteiger partial charge in [0.15, 0.2) is 0 Å². The van der Waals surface area contributed by atoms with Crippen molar-refractivity contribution in [2.24, 2.45) is 5.73 Å². The number of allylic oxidation sites excluding steroid dienone is 4. The molecule has 0 rings (SSSR count). The van der Waals surface area contributed by atoms with Gasteiger partial charge in [0.2, 0.25) is 0 Å². The van der Waals surface area contributed by atoms with Crippen LogP contribution in [0.1, 0.15) is 0 Å². The molecule has 0 atom stereocenters. The minimum absolute atomic E-state index is 0.655. The van der Waals surface area contributed by atoms with Gasteiger partial charge in [-0.05, 0) is 12.2 Å². The molecule has 0 fully saturated rings. The van der Waals surface area contributed by atoms with Crippen LogP contribution in [-0.4, -0.2) is 7.05 Å². The van der Waals surface area contributed by atoms with E-state index in [1.165, 1.54) is 0 Å². The average Bonchev–Trinajstić information content (AvgIpc) is 2.00. The van der Waals surface area contributed by atoms with Gasteiger partial charge in [0, 0.05) is 7.05 Å². The summed E-state index contributed by atoms with van der Waals surface area (Å²) in [7, 11) is 1.80. The first-order valence-electron chi connectivity index (χ1n) is 3.35. The van der Waals surface area contributed by atoms with E-state index in [0.29, 0.717) is 5.70 Å². The van der Waals surface area contributed by atoms with Crippen LogP contribution in [0.3, 0.4) is 0 Å². The topological polar surface area (TPSA) is 38.0 Å². The van der Waals surface area contributed by atoms with E-state index in [9.17, 15) is 0 Å². The van der Waals surface area contributed by atoms with Gasteiger partial charge in [0.05, 0.1) is 11.4 Å². The number of hydrogen-bond acceptors (Lipinski definition) is 2. The zero-order valence-corrected chi connectivity index (χ0v) is 6.80. The van der Waals surface area contributed by atoms with Crippen molar-refractivity contribution < 1.29 is 0 Å². The molecule has 3 N–H and O–H groups in total. The molecule has 0 radical (unpaired) electrons. The number of nitrogens with two attached hydrogens (primary N) is 1. The van der Waals surface area contributed by atoms with E-state index in [-0.39, 0.29) is 0 Å². The van der Waals surface area contributed by atoms with Gasteiger partial charge in [-0.2, -0.15) is 0 Å². The summed E-state index contributed by atoms with van der Waals surface area (Å²) in [4.78, 5) is 0. The third-order valence-electron chi connectivity index (χ3n) is 1.16. The highest BCUT2D eigenvalue weighted by atomic mass is 14.9. The maximum Gasteiger partial charge on any atom is 0.0571 e. The lowest BCUT2D eigenvalue weighted by Gasteiger charge is -2.04. The first-order chi connectivity index (χ1) is 5.26. The number of rotatable bonds is 4. The van der Waals surface area contributed by atoms with E-state index in [4.69, 9.17) is 5.73 Å². The number of nitrogens with one attached hydrogen (secondary N) is 1. The largest absolute Gasteiger partial charge is 0.397 e. The van der Waals surface area contributed by atoms with Gasteiger partial charge in [0.25, 0.3) is 0 Å². The molecule has 0 aliphatic rings. The van der Waals surface area contributed by atoms with Crippen molar-refractivity contribution in [3.8, 4) is 0 Å². The molecule has 0 aromatic rings. The molecular formula is C9H14N2. The van der Waals surface area contributed by atoms with Crippen LogP contribution in [0.25, 0.3) is 0 Å². The van der Waals surface area contributed by atoms with E-state index < -0.39 is 0 Å². The summed E-state index contributed by atoms with van der Waals surface area (Å²) in [6.07, 6.45) is 6.85. The molecule has 2 nitrogen and oxygen atoms in total. The molecule has 0 aliphatic carbocycles. The average molecular weight is 150 g/mol. The van der Waals surface area contributed by atoms with Crippen molar-refractivity contribution in [2.75, 3.05) is 7.05 Å². The minimum atomic E-state index is 0.655. The van der Waals surface area contributed by atoms with Gasteiger partial charge in [-0.1, -0.05) is 25.3 Å². The van der Waals surface area contributed by atoms with Crippen molar-refractivity contribution in [3.05, 3.63) is 48.9 Å². The zero-order chi connectivity index (χ0) is 8.69. The maximum atomic E-state index is 5.64. The van der Waals surface area contributed by atoms with E-state index in [1.54, 1.807) is 31.4 Å². The molecule has 0 aromatic heterocycles. The van der Waals surface area contributed by atoms with Crippen molar-refractivity contribution in [3.63, 3.8) is 0 Å². The lowest BCUT2D eigenvalue weighted by atomic mass is 10.3. The van der Waals surface area contributed by atoms with Crippen LogP contribution in [0.2, 0.25) is 0 Å². The predicted molar refractivity (Wildman–Crippen MR) is 49.8 cm³/mol. The molecule has 0 heterocycles. The third kappa shape index (κ3) is 3.30.